The number of hydrogen-bond acceptors (Lipinski definition) is 4. The van der Waals surface area contributed by atoms with Crippen LogP contribution >= 0.6 is 0 Å². The third-order valence-electron chi connectivity index (χ3n) is 6.95. The van der Waals surface area contributed by atoms with Crippen LogP contribution in [0.25, 0.3) is 10.9 Å². The van der Waals surface area contributed by atoms with Gasteiger partial charge < -0.3 is 13.9 Å². The third kappa shape index (κ3) is 4.74. The van der Waals surface area contributed by atoms with E-state index in [4.69, 9.17) is 9.31 Å². The molecule has 0 bridgehead atoms. The van der Waals surface area contributed by atoms with Crippen molar-refractivity contribution in [2.45, 2.75) is 97.3 Å². The zero-order chi connectivity index (χ0) is 24.6. The van der Waals surface area contributed by atoms with Crippen molar-refractivity contribution in [3.63, 3.8) is 0 Å². The van der Waals surface area contributed by atoms with Crippen molar-refractivity contribution in [3.05, 3.63) is 29.7 Å². The van der Waals surface area contributed by atoms with Gasteiger partial charge in [-0.1, -0.05) is 20.8 Å². The summed E-state index contributed by atoms with van der Waals surface area (Å²) in [6.07, 6.45) is 3.34. The molecular weight excluding hydrogens is 442 g/mol. The summed E-state index contributed by atoms with van der Waals surface area (Å²) in [6, 6.07) is 2.82. The molecule has 1 unspecified atom stereocenters. The molecule has 2 aliphatic rings. The summed E-state index contributed by atoms with van der Waals surface area (Å²) in [5.74, 6) is -0.423. The summed E-state index contributed by atoms with van der Waals surface area (Å²) < 4.78 is 57.6. The minimum atomic E-state index is -3.38. The molecule has 6 nitrogen and oxygen atoms in total. The van der Waals surface area contributed by atoms with Crippen LogP contribution in [0, 0.1) is 11.2 Å². The second-order valence-electron chi connectivity index (χ2n) is 11.8. The molecule has 1 saturated carbocycles. The van der Waals surface area contributed by atoms with Gasteiger partial charge in [0.05, 0.1) is 16.5 Å². The first kappa shape index (κ1) is 24.7. The molecule has 2 aromatic rings. The van der Waals surface area contributed by atoms with Crippen molar-refractivity contribution < 1.29 is 22.1 Å². The Morgan fingerprint density at radius 2 is 1.76 bits per heavy atom. The lowest BCUT2D eigenvalue weighted by molar-refractivity contribution is 0.00578. The van der Waals surface area contributed by atoms with Crippen LogP contribution in [0.2, 0.25) is 0 Å². The summed E-state index contributed by atoms with van der Waals surface area (Å²) in [4.78, 5) is 0. The van der Waals surface area contributed by atoms with E-state index >= 15 is 4.39 Å². The van der Waals surface area contributed by atoms with E-state index in [-0.39, 0.29) is 10.7 Å². The average molecular weight is 478 g/mol. The summed E-state index contributed by atoms with van der Waals surface area (Å²) in [6.45, 7) is 16.7. The molecular formula is C24H36BFN2O4S. The molecule has 2 fully saturated rings. The maximum atomic E-state index is 15.4. The van der Waals surface area contributed by atoms with Gasteiger partial charge >= 0.3 is 7.12 Å². The van der Waals surface area contributed by atoms with Gasteiger partial charge in [0.2, 0.25) is 10.0 Å². The van der Waals surface area contributed by atoms with E-state index in [0.717, 1.165) is 11.1 Å². The van der Waals surface area contributed by atoms with Gasteiger partial charge in [-0.25, -0.2) is 17.5 Å². The molecule has 1 atom stereocenters. The molecule has 2 heterocycles. The Morgan fingerprint density at radius 3 is 2.27 bits per heavy atom. The van der Waals surface area contributed by atoms with Crippen molar-refractivity contribution in [1.82, 2.24) is 9.29 Å². The molecule has 1 saturated heterocycles. The van der Waals surface area contributed by atoms with Crippen LogP contribution in [0.5, 0.6) is 0 Å². The van der Waals surface area contributed by atoms with Crippen LogP contribution in [0.3, 0.4) is 0 Å². The average Bonchev–Trinajstić information content (AvgIpc) is 3.40. The van der Waals surface area contributed by atoms with Gasteiger partial charge in [-0.05, 0) is 70.6 Å². The van der Waals surface area contributed by atoms with Crippen molar-refractivity contribution in [2.75, 3.05) is 0 Å². The minimum absolute atomic E-state index is 0.0289. The largest absolute Gasteiger partial charge is 0.497 e. The molecule has 182 valence electrons. The Bertz CT molecular complexity index is 1160. The highest BCUT2D eigenvalue weighted by atomic mass is 32.2. The van der Waals surface area contributed by atoms with Crippen molar-refractivity contribution in [2.24, 2.45) is 5.41 Å². The molecule has 1 aliphatic heterocycles. The molecule has 1 aliphatic carbocycles. The summed E-state index contributed by atoms with van der Waals surface area (Å²) in [5, 5.41) is 0.387. The monoisotopic (exact) mass is 478 g/mol. The van der Waals surface area contributed by atoms with Crippen LogP contribution < -0.4 is 10.2 Å². The first-order valence-corrected chi connectivity index (χ1v) is 13.2. The summed E-state index contributed by atoms with van der Waals surface area (Å²) in [7, 11) is -4.19. The molecule has 4 rings (SSSR count). The van der Waals surface area contributed by atoms with Crippen molar-refractivity contribution in [3.8, 4) is 0 Å². The molecule has 0 spiro atoms. The number of rotatable bonds is 6. The van der Waals surface area contributed by atoms with E-state index in [0.29, 0.717) is 30.2 Å². The second-order valence-corrected chi connectivity index (χ2v) is 13.8. The SMILES string of the molecule is CC(NS(=O)(=O)C1CC1)c1cn(CC(C)(C)C)c2cc(B3OC(C)(C)C(C)(C)O3)c(F)cc12. The second kappa shape index (κ2) is 7.80. The quantitative estimate of drug-likeness (QED) is 0.630. The van der Waals surface area contributed by atoms with Crippen LogP contribution in [-0.2, 0) is 25.9 Å². The van der Waals surface area contributed by atoms with Gasteiger partial charge in [0.25, 0.3) is 0 Å². The Morgan fingerprint density at radius 1 is 1.18 bits per heavy atom. The van der Waals surface area contributed by atoms with E-state index in [1.165, 1.54) is 6.07 Å². The number of sulfonamides is 1. The molecule has 0 radical (unpaired) electrons. The number of benzene rings is 1. The predicted octanol–water partition coefficient (Wildman–Crippen LogP) is 4.27. The topological polar surface area (TPSA) is 69.6 Å². The summed E-state index contributed by atoms with van der Waals surface area (Å²) in [5.41, 5.74) is 0.771. The normalized spacial score (nSPS) is 21.7. The van der Waals surface area contributed by atoms with E-state index in [2.05, 4.69) is 30.1 Å². The molecule has 33 heavy (non-hydrogen) atoms. The molecule has 9 heteroatoms. The number of halogens is 1. The van der Waals surface area contributed by atoms with Gasteiger partial charge in [-0.2, -0.15) is 0 Å². The lowest BCUT2D eigenvalue weighted by atomic mass is 9.78. The Labute approximate surface area is 197 Å². The van der Waals surface area contributed by atoms with Gasteiger partial charge in [-0.3, -0.25) is 0 Å². The molecule has 1 aromatic carbocycles. The first-order chi connectivity index (χ1) is 15.0. The highest BCUT2D eigenvalue weighted by Gasteiger charge is 2.52. The zero-order valence-electron chi connectivity index (χ0n) is 21.0. The lowest BCUT2D eigenvalue weighted by Gasteiger charge is -2.32. The van der Waals surface area contributed by atoms with Crippen LogP contribution in [0.4, 0.5) is 4.39 Å². The van der Waals surface area contributed by atoms with Gasteiger partial charge in [0, 0.05) is 35.1 Å². The van der Waals surface area contributed by atoms with Crippen LogP contribution in [0.1, 0.15) is 79.8 Å². The fourth-order valence-corrected chi connectivity index (χ4v) is 5.84. The highest BCUT2D eigenvalue weighted by Crippen LogP contribution is 2.38. The minimum Gasteiger partial charge on any atom is -0.399 e. The Balaban J connectivity index is 1.79. The van der Waals surface area contributed by atoms with Gasteiger partial charge in [0.15, 0.2) is 0 Å². The number of nitrogens with zero attached hydrogens (tertiary/aromatic N) is 1. The molecule has 0 amide bonds. The van der Waals surface area contributed by atoms with E-state index in [1.54, 1.807) is 6.07 Å². The highest BCUT2D eigenvalue weighted by molar-refractivity contribution is 7.90. The van der Waals surface area contributed by atoms with Crippen LogP contribution in [0.15, 0.2) is 18.3 Å². The smallest absolute Gasteiger partial charge is 0.399 e. The Hall–Kier alpha value is -1.42. The zero-order valence-corrected chi connectivity index (χ0v) is 21.8. The fourth-order valence-electron chi connectivity index (χ4n) is 4.28. The Kier molecular flexibility index (Phi) is 5.84. The van der Waals surface area contributed by atoms with Gasteiger partial charge in [0.1, 0.15) is 5.82 Å². The van der Waals surface area contributed by atoms with Crippen molar-refractivity contribution in [1.29, 1.82) is 0 Å². The van der Waals surface area contributed by atoms with E-state index in [1.807, 2.05) is 40.8 Å². The standard InChI is InChI=1S/C24H36BFN2O4S/c1-15(27-33(29,30)16-9-10-16)18-13-28(14-22(2,3)4)21-12-19(20(26)11-17(18)21)25-31-23(5,6)24(7,8)32-25/h11-13,15-16,27H,9-10,14H2,1-8H3. The summed E-state index contributed by atoms with van der Waals surface area (Å²) >= 11 is 0. The van der Waals surface area contributed by atoms with E-state index in [9.17, 15) is 8.42 Å². The number of aromatic nitrogens is 1. The molecule has 1 aromatic heterocycles. The fraction of sp³-hybridized carbons (Fsp3) is 0.667. The molecule has 1 N–H and O–H groups in total. The van der Waals surface area contributed by atoms with E-state index < -0.39 is 40.2 Å². The maximum Gasteiger partial charge on any atom is 0.497 e. The van der Waals surface area contributed by atoms with Gasteiger partial charge in [-0.15, -0.1) is 0 Å². The number of hydrogen-bond donors (Lipinski definition) is 1. The van der Waals surface area contributed by atoms with Crippen molar-refractivity contribution >= 4 is 33.5 Å². The number of nitrogens with one attached hydrogen (secondary N) is 1. The van der Waals surface area contributed by atoms with Crippen LogP contribution in [-0.4, -0.2) is 36.6 Å². The predicted molar refractivity (Wildman–Crippen MR) is 131 cm³/mol. The maximum absolute atomic E-state index is 15.4. The third-order valence-corrected chi connectivity index (χ3v) is 8.98. The number of fused-ring (bicyclic) bond motifs is 1. The lowest BCUT2D eigenvalue weighted by Crippen LogP contribution is -2.41. The first-order valence-electron chi connectivity index (χ1n) is 11.7.